The molecule has 9 nitrogen and oxygen atoms in total. The Balaban J connectivity index is 2.50. The van der Waals surface area contributed by atoms with Gasteiger partial charge in [0, 0.05) is 19.5 Å². The Kier molecular flexibility index (Phi) is 9.01. The predicted octanol–water partition coefficient (Wildman–Crippen LogP) is 4.52. The van der Waals surface area contributed by atoms with Gasteiger partial charge in [0.1, 0.15) is 17.3 Å². The number of nitrogens with zero attached hydrogens (tertiary/aromatic N) is 2. The van der Waals surface area contributed by atoms with Crippen molar-refractivity contribution in [1.82, 2.24) is 9.80 Å². The second-order valence-electron chi connectivity index (χ2n) is 13.5. The fourth-order valence-corrected chi connectivity index (χ4v) is 6.09. The van der Waals surface area contributed by atoms with E-state index in [9.17, 15) is 19.5 Å². The molecule has 36 heavy (non-hydrogen) atoms. The van der Waals surface area contributed by atoms with Gasteiger partial charge in [-0.25, -0.2) is 14.5 Å². The third-order valence-corrected chi connectivity index (χ3v) is 7.49. The third kappa shape index (κ3) is 7.22. The molecule has 0 aromatic carbocycles. The first kappa shape index (κ1) is 30.6. The number of carbonyl (C=O) groups excluding carboxylic acids is 3. The maximum atomic E-state index is 13.5. The summed E-state index contributed by atoms with van der Waals surface area (Å²) in [5.74, 6) is -1.41. The van der Waals surface area contributed by atoms with Crippen LogP contribution in [-0.4, -0.2) is 78.2 Å². The van der Waals surface area contributed by atoms with Crippen molar-refractivity contribution in [2.45, 2.75) is 118 Å². The summed E-state index contributed by atoms with van der Waals surface area (Å²) in [5.41, 5.74) is -3.09. The van der Waals surface area contributed by atoms with Gasteiger partial charge < -0.3 is 19.0 Å². The SMILES string of the molecule is C[SiH](C)O[C@]1(C(O)C2CCCN(C(=O)OC(C)(C)C)C2=O)C[C@H](C(C)(C)C)CN1C(=O)OC(C)(C)C. The van der Waals surface area contributed by atoms with E-state index >= 15 is 0 Å². The lowest BCUT2D eigenvalue weighted by Gasteiger charge is -2.46. The summed E-state index contributed by atoms with van der Waals surface area (Å²) >= 11 is 0. The molecule has 208 valence electrons. The predicted molar refractivity (Wildman–Crippen MR) is 140 cm³/mol. The molecular formula is C26H48N2O7Si. The molecule has 2 aliphatic heterocycles. The molecule has 2 unspecified atom stereocenters. The second-order valence-corrected chi connectivity index (χ2v) is 15.9. The maximum Gasteiger partial charge on any atom is 0.417 e. The van der Waals surface area contributed by atoms with E-state index in [0.29, 0.717) is 25.8 Å². The van der Waals surface area contributed by atoms with Crippen molar-refractivity contribution in [1.29, 1.82) is 0 Å². The van der Waals surface area contributed by atoms with Gasteiger partial charge in [-0.2, -0.15) is 0 Å². The number of imide groups is 1. The minimum Gasteiger partial charge on any atom is -0.444 e. The molecule has 1 N–H and O–H groups in total. The summed E-state index contributed by atoms with van der Waals surface area (Å²) in [4.78, 5) is 42.4. The van der Waals surface area contributed by atoms with Crippen molar-refractivity contribution in [2.75, 3.05) is 13.1 Å². The zero-order valence-electron chi connectivity index (χ0n) is 24.1. The molecule has 10 heteroatoms. The molecule has 3 amide bonds. The van der Waals surface area contributed by atoms with Crippen molar-refractivity contribution in [2.24, 2.45) is 17.3 Å². The highest BCUT2D eigenvalue weighted by atomic mass is 28.3. The lowest BCUT2D eigenvalue weighted by Crippen LogP contribution is -2.64. The third-order valence-electron chi connectivity index (χ3n) is 6.61. The molecule has 0 aromatic heterocycles. The molecule has 0 aliphatic carbocycles. The van der Waals surface area contributed by atoms with Gasteiger partial charge in [-0.3, -0.25) is 9.69 Å². The average Bonchev–Trinajstić information content (AvgIpc) is 3.05. The highest BCUT2D eigenvalue weighted by Gasteiger charge is 2.60. The molecule has 2 heterocycles. The number of aliphatic hydroxyl groups excluding tert-OH is 1. The second kappa shape index (κ2) is 10.6. The summed E-state index contributed by atoms with van der Waals surface area (Å²) in [7, 11) is -1.83. The summed E-state index contributed by atoms with van der Waals surface area (Å²) in [5, 5.41) is 11.9. The fraction of sp³-hybridized carbons (Fsp3) is 0.885. The quantitative estimate of drug-likeness (QED) is 0.535. The van der Waals surface area contributed by atoms with E-state index in [1.54, 1.807) is 41.5 Å². The summed E-state index contributed by atoms with van der Waals surface area (Å²) in [6.45, 7) is 21.4. The summed E-state index contributed by atoms with van der Waals surface area (Å²) in [6.07, 6.45) is -1.34. The number of likely N-dealkylation sites (tertiary alicyclic amines) is 2. The smallest absolute Gasteiger partial charge is 0.417 e. The minimum absolute atomic E-state index is 0.00747. The first-order valence-electron chi connectivity index (χ1n) is 13.1. The molecule has 0 aromatic rings. The van der Waals surface area contributed by atoms with Crippen LogP contribution in [0.15, 0.2) is 0 Å². The van der Waals surface area contributed by atoms with E-state index in [2.05, 4.69) is 20.8 Å². The first-order valence-corrected chi connectivity index (χ1v) is 15.9. The van der Waals surface area contributed by atoms with E-state index in [4.69, 9.17) is 13.9 Å². The van der Waals surface area contributed by atoms with Gasteiger partial charge in [0.25, 0.3) is 0 Å². The van der Waals surface area contributed by atoms with Crippen molar-refractivity contribution in [3.63, 3.8) is 0 Å². The number of amides is 3. The van der Waals surface area contributed by atoms with Crippen LogP contribution in [0.3, 0.4) is 0 Å². The zero-order chi connectivity index (χ0) is 27.9. The van der Waals surface area contributed by atoms with Crippen molar-refractivity contribution < 1.29 is 33.4 Å². The highest BCUT2D eigenvalue weighted by molar-refractivity contribution is 6.48. The van der Waals surface area contributed by atoms with E-state index < -0.39 is 56.1 Å². The number of ether oxygens (including phenoxy) is 2. The van der Waals surface area contributed by atoms with Crippen LogP contribution in [0.1, 0.15) is 81.6 Å². The van der Waals surface area contributed by atoms with Crippen LogP contribution in [0.2, 0.25) is 13.1 Å². The van der Waals surface area contributed by atoms with Gasteiger partial charge in [0.15, 0.2) is 14.8 Å². The van der Waals surface area contributed by atoms with Crippen LogP contribution >= 0.6 is 0 Å². The Morgan fingerprint density at radius 2 is 1.53 bits per heavy atom. The molecule has 0 bridgehead atoms. The Morgan fingerprint density at radius 1 is 1.00 bits per heavy atom. The normalized spacial score (nSPS) is 26.9. The number of aliphatic hydroxyl groups is 1. The van der Waals surface area contributed by atoms with Crippen LogP contribution in [0, 0.1) is 17.3 Å². The Bertz CT molecular complexity index is 828. The monoisotopic (exact) mass is 528 g/mol. The van der Waals surface area contributed by atoms with Crippen LogP contribution in [0.4, 0.5) is 9.59 Å². The van der Waals surface area contributed by atoms with Gasteiger partial charge >= 0.3 is 12.2 Å². The van der Waals surface area contributed by atoms with E-state index in [-0.39, 0.29) is 17.9 Å². The highest BCUT2D eigenvalue weighted by Crippen LogP contribution is 2.47. The van der Waals surface area contributed by atoms with Gasteiger partial charge in [-0.15, -0.1) is 0 Å². The molecule has 2 rings (SSSR count). The van der Waals surface area contributed by atoms with E-state index in [1.165, 1.54) is 4.90 Å². The number of hydrogen-bond donors (Lipinski definition) is 1. The molecule has 0 spiro atoms. The van der Waals surface area contributed by atoms with Gasteiger partial charge in [-0.05, 0) is 78.8 Å². The number of hydrogen-bond acceptors (Lipinski definition) is 7. The summed E-state index contributed by atoms with van der Waals surface area (Å²) < 4.78 is 17.7. The lowest BCUT2D eigenvalue weighted by atomic mass is 9.76. The average molecular weight is 529 g/mol. The summed E-state index contributed by atoms with van der Waals surface area (Å²) in [6, 6.07) is 0. The Morgan fingerprint density at radius 3 is 2.00 bits per heavy atom. The van der Waals surface area contributed by atoms with Crippen molar-refractivity contribution in [3.8, 4) is 0 Å². The minimum atomic E-state index is -1.83. The molecule has 2 saturated heterocycles. The van der Waals surface area contributed by atoms with Crippen LogP contribution < -0.4 is 0 Å². The number of carbonyl (C=O) groups is 3. The van der Waals surface area contributed by atoms with Gasteiger partial charge in [0.05, 0.1) is 5.92 Å². The molecule has 2 fully saturated rings. The van der Waals surface area contributed by atoms with Gasteiger partial charge in [-0.1, -0.05) is 20.8 Å². The lowest BCUT2D eigenvalue weighted by molar-refractivity contribution is -0.174. The Labute approximate surface area is 218 Å². The fourth-order valence-electron chi connectivity index (χ4n) is 4.91. The topological polar surface area (TPSA) is 106 Å². The van der Waals surface area contributed by atoms with E-state index in [1.807, 2.05) is 13.1 Å². The molecule has 4 atom stereocenters. The van der Waals surface area contributed by atoms with Crippen LogP contribution in [0.5, 0.6) is 0 Å². The van der Waals surface area contributed by atoms with Crippen molar-refractivity contribution in [3.05, 3.63) is 0 Å². The first-order chi connectivity index (χ1) is 16.2. The van der Waals surface area contributed by atoms with Crippen molar-refractivity contribution >= 4 is 27.1 Å². The maximum absolute atomic E-state index is 13.5. The molecule has 0 radical (unpaired) electrons. The zero-order valence-corrected chi connectivity index (χ0v) is 25.3. The van der Waals surface area contributed by atoms with Crippen LogP contribution in [0.25, 0.3) is 0 Å². The number of piperidine rings is 1. The van der Waals surface area contributed by atoms with E-state index in [0.717, 1.165) is 4.90 Å². The molecular weight excluding hydrogens is 480 g/mol. The largest absolute Gasteiger partial charge is 0.444 e. The van der Waals surface area contributed by atoms with Gasteiger partial charge in [0.2, 0.25) is 5.91 Å². The molecule has 0 saturated carbocycles. The number of rotatable bonds is 4. The molecule has 2 aliphatic rings. The standard InChI is InChI=1S/C26H48N2O7Si/c1-23(2,3)17-15-26(35-36(10)11,28(16-17)22(32)34-25(7,8)9)19(29)18-13-12-14-27(20(18)30)21(31)33-24(4,5)6/h17-19,29,36H,12-16H2,1-11H3/t17-,18?,19?,26-/m0/s1. The Hall–Kier alpha value is -1.65. The van der Waals surface area contributed by atoms with Crippen LogP contribution in [-0.2, 0) is 18.7 Å².